The molecule has 1 fully saturated rings. The van der Waals surface area contributed by atoms with Crippen molar-refractivity contribution in [2.24, 2.45) is 5.73 Å². The number of nitrogens with two attached hydrogens (primary N) is 1. The summed E-state index contributed by atoms with van der Waals surface area (Å²) in [6, 6.07) is 2.84. The molecule has 2 aromatic rings. The molecule has 1 aliphatic rings. The molecule has 29 heavy (non-hydrogen) atoms. The van der Waals surface area contributed by atoms with E-state index in [4.69, 9.17) is 5.73 Å². The zero-order valence-corrected chi connectivity index (χ0v) is 17.3. The number of carbonyl (C=O) groups excluding carboxylic acids is 1. The van der Waals surface area contributed by atoms with E-state index in [0.29, 0.717) is 34.4 Å². The number of hydrogen-bond donors (Lipinski definition) is 2. The third-order valence-electron chi connectivity index (χ3n) is 5.29. The number of alkyl halides is 3. The Hall–Kier alpha value is -2.20. The van der Waals surface area contributed by atoms with Crippen molar-refractivity contribution in [2.75, 3.05) is 18.4 Å². The highest BCUT2D eigenvalue weighted by Gasteiger charge is 2.49. The molecule has 1 aliphatic heterocycles. The van der Waals surface area contributed by atoms with E-state index in [1.54, 1.807) is 17.9 Å². The SMILES string of the molecule is Cc1nc(NC(=O)N2CCC[C@H]2CN)sc1-c1ccnc(C(C)(C)C(F)(F)F)c1. The molecular formula is C19H24F3N5OS. The van der Waals surface area contributed by atoms with Gasteiger partial charge in [0.1, 0.15) is 5.41 Å². The molecule has 0 radical (unpaired) electrons. The standard InChI is InChI=1S/C19H24F3N5OS/c1-11-15(12-6-7-24-14(9-12)18(2,3)19(20,21)22)29-16(25-11)26-17(28)27-8-4-5-13(27)10-23/h6-7,9,13H,4-5,8,10,23H2,1-3H3,(H,25,26,28)/t13-/m0/s1. The van der Waals surface area contributed by atoms with Crippen molar-refractivity contribution in [1.29, 1.82) is 0 Å². The molecule has 0 aliphatic carbocycles. The normalized spacial score (nSPS) is 17.6. The number of carbonyl (C=O) groups is 1. The van der Waals surface area contributed by atoms with E-state index < -0.39 is 11.6 Å². The molecule has 3 N–H and O–H groups in total. The van der Waals surface area contributed by atoms with Crippen molar-refractivity contribution < 1.29 is 18.0 Å². The predicted molar refractivity (Wildman–Crippen MR) is 107 cm³/mol. The molecule has 0 bridgehead atoms. The number of pyridine rings is 1. The molecule has 1 saturated heterocycles. The molecular weight excluding hydrogens is 403 g/mol. The van der Waals surface area contributed by atoms with Gasteiger partial charge in [0.05, 0.1) is 16.3 Å². The maximum Gasteiger partial charge on any atom is 0.399 e. The van der Waals surface area contributed by atoms with Crippen LogP contribution in [0.3, 0.4) is 0 Å². The molecule has 1 atom stereocenters. The number of amides is 2. The number of urea groups is 1. The Balaban J connectivity index is 1.84. The third kappa shape index (κ3) is 4.23. The molecule has 2 aromatic heterocycles. The number of nitrogens with zero attached hydrogens (tertiary/aromatic N) is 3. The molecule has 6 nitrogen and oxygen atoms in total. The summed E-state index contributed by atoms with van der Waals surface area (Å²) < 4.78 is 40.1. The smallest absolute Gasteiger partial charge is 0.328 e. The Bertz CT molecular complexity index is 896. The van der Waals surface area contributed by atoms with E-state index in [9.17, 15) is 18.0 Å². The largest absolute Gasteiger partial charge is 0.399 e. The zero-order valence-electron chi connectivity index (χ0n) is 16.5. The van der Waals surface area contributed by atoms with Gasteiger partial charge in [-0.2, -0.15) is 13.2 Å². The summed E-state index contributed by atoms with van der Waals surface area (Å²) in [5.74, 6) is 0. The number of hydrogen-bond acceptors (Lipinski definition) is 5. The lowest BCUT2D eigenvalue weighted by atomic mass is 9.87. The van der Waals surface area contributed by atoms with Gasteiger partial charge in [0.25, 0.3) is 0 Å². The fourth-order valence-corrected chi connectivity index (χ4v) is 4.24. The van der Waals surface area contributed by atoms with Gasteiger partial charge in [-0.25, -0.2) is 9.78 Å². The van der Waals surface area contributed by atoms with Crippen LogP contribution in [-0.4, -0.2) is 46.2 Å². The van der Waals surface area contributed by atoms with Gasteiger partial charge in [-0.3, -0.25) is 10.3 Å². The summed E-state index contributed by atoms with van der Waals surface area (Å²) in [6.45, 7) is 5.02. The second kappa shape index (κ2) is 7.91. The molecule has 3 heterocycles. The Morgan fingerprint density at radius 2 is 2.14 bits per heavy atom. The summed E-state index contributed by atoms with van der Waals surface area (Å²) in [4.78, 5) is 23.2. The van der Waals surface area contributed by atoms with Crippen molar-refractivity contribution in [2.45, 2.75) is 51.2 Å². The molecule has 0 spiro atoms. The summed E-state index contributed by atoms with van der Waals surface area (Å²) >= 11 is 1.23. The van der Waals surface area contributed by atoms with Crippen LogP contribution in [0.1, 0.15) is 38.1 Å². The van der Waals surface area contributed by atoms with E-state index in [2.05, 4.69) is 15.3 Å². The minimum absolute atomic E-state index is 0.0166. The van der Waals surface area contributed by atoms with Crippen molar-refractivity contribution in [1.82, 2.24) is 14.9 Å². The van der Waals surface area contributed by atoms with Crippen molar-refractivity contribution >= 4 is 22.5 Å². The van der Waals surface area contributed by atoms with Crippen LogP contribution < -0.4 is 11.1 Å². The quantitative estimate of drug-likeness (QED) is 0.762. The van der Waals surface area contributed by atoms with Gasteiger partial charge in [-0.15, -0.1) is 0 Å². The fourth-order valence-electron chi connectivity index (χ4n) is 3.29. The molecule has 2 amide bonds. The fraction of sp³-hybridized carbons (Fsp3) is 0.526. The number of halogens is 3. The van der Waals surface area contributed by atoms with Crippen LogP contribution in [0.25, 0.3) is 10.4 Å². The zero-order chi connectivity index (χ0) is 21.4. The van der Waals surface area contributed by atoms with Gasteiger partial charge in [0.2, 0.25) is 0 Å². The molecule has 158 valence electrons. The lowest BCUT2D eigenvalue weighted by molar-refractivity contribution is -0.181. The van der Waals surface area contributed by atoms with E-state index >= 15 is 0 Å². The van der Waals surface area contributed by atoms with E-state index in [-0.39, 0.29) is 17.8 Å². The molecule has 0 aromatic carbocycles. The lowest BCUT2D eigenvalue weighted by Gasteiger charge is -2.27. The van der Waals surface area contributed by atoms with Crippen LogP contribution in [0.2, 0.25) is 0 Å². The number of likely N-dealkylation sites (tertiary alicyclic amines) is 1. The highest BCUT2D eigenvalue weighted by molar-refractivity contribution is 7.19. The average molecular weight is 427 g/mol. The topological polar surface area (TPSA) is 84.1 Å². The maximum atomic E-state index is 13.4. The van der Waals surface area contributed by atoms with Crippen LogP contribution in [0.4, 0.5) is 23.1 Å². The van der Waals surface area contributed by atoms with Crippen molar-refractivity contribution in [3.05, 3.63) is 29.7 Å². The van der Waals surface area contributed by atoms with Crippen LogP contribution in [-0.2, 0) is 5.41 Å². The van der Waals surface area contributed by atoms with Gasteiger partial charge in [-0.05, 0) is 51.3 Å². The molecule has 10 heteroatoms. The highest BCUT2D eigenvalue weighted by atomic mass is 32.1. The maximum absolute atomic E-state index is 13.4. The third-order valence-corrected chi connectivity index (χ3v) is 6.41. The number of thiazole rings is 1. The monoisotopic (exact) mass is 427 g/mol. The number of aryl methyl sites for hydroxylation is 1. The summed E-state index contributed by atoms with van der Waals surface area (Å²) in [5, 5.41) is 3.19. The highest BCUT2D eigenvalue weighted by Crippen LogP contribution is 2.41. The minimum atomic E-state index is -4.42. The van der Waals surface area contributed by atoms with Crippen LogP contribution >= 0.6 is 11.3 Å². The second-order valence-electron chi connectivity index (χ2n) is 7.64. The van der Waals surface area contributed by atoms with E-state index in [1.807, 2.05) is 0 Å². The average Bonchev–Trinajstić information content (AvgIpc) is 3.27. The van der Waals surface area contributed by atoms with E-state index in [1.165, 1.54) is 23.6 Å². The molecule has 3 rings (SSSR count). The minimum Gasteiger partial charge on any atom is -0.328 e. The Labute approximate surface area is 171 Å². The molecule has 0 unspecified atom stereocenters. The number of nitrogens with one attached hydrogen (secondary N) is 1. The first-order chi connectivity index (χ1) is 13.5. The number of anilines is 1. The van der Waals surface area contributed by atoms with Crippen LogP contribution in [0, 0.1) is 6.92 Å². The van der Waals surface area contributed by atoms with Gasteiger partial charge < -0.3 is 10.6 Å². The number of rotatable bonds is 4. The second-order valence-corrected chi connectivity index (χ2v) is 8.64. The van der Waals surface area contributed by atoms with Crippen LogP contribution in [0.15, 0.2) is 18.3 Å². The van der Waals surface area contributed by atoms with Gasteiger partial charge >= 0.3 is 12.2 Å². The predicted octanol–water partition coefficient (Wildman–Crippen LogP) is 4.31. The summed E-state index contributed by atoms with van der Waals surface area (Å²) in [6.07, 6.45) is -1.27. The van der Waals surface area contributed by atoms with Crippen molar-refractivity contribution in [3.8, 4) is 10.4 Å². The first kappa shape index (κ1) is 21.5. The lowest BCUT2D eigenvalue weighted by Crippen LogP contribution is -2.42. The van der Waals surface area contributed by atoms with Gasteiger partial charge in [0, 0.05) is 25.3 Å². The first-order valence-corrected chi connectivity index (χ1v) is 10.1. The first-order valence-electron chi connectivity index (χ1n) is 9.33. The summed E-state index contributed by atoms with van der Waals surface area (Å²) in [7, 11) is 0. The Morgan fingerprint density at radius 1 is 1.41 bits per heavy atom. The van der Waals surface area contributed by atoms with E-state index in [0.717, 1.165) is 26.7 Å². The van der Waals surface area contributed by atoms with Gasteiger partial charge in [-0.1, -0.05) is 11.3 Å². The summed E-state index contributed by atoms with van der Waals surface area (Å²) in [5.41, 5.74) is 4.79. The molecule has 0 saturated carbocycles. The Kier molecular flexibility index (Phi) is 5.86. The van der Waals surface area contributed by atoms with Gasteiger partial charge in [0.15, 0.2) is 5.13 Å². The van der Waals surface area contributed by atoms with Crippen LogP contribution in [0.5, 0.6) is 0 Å². The number of aromatic nitrogens is 2. The van der Waals surface area contributed by atoms with Crippen molar-refractivity contribution in [3.63, 3.8) is 0 Å². The Morgan fingerprint density at radius 3 is 2.79 bits per heavy atom.